The van der Waals surface area contributed by atoms with E-state index in [0.29, 0.717) is 5.75 Å². The fraction of sp³-hybridized carbons (Fsp3) is 0.200. The standard InChI is InChI=1S/C10H8N2S/c11-5-6-13-10-7-12-9-4-2-1-3-8(9)10/h1-4H,6-7H2. The first kappa shape index (κ1) is 8.33. The number of para-hydroxylation sites is 1. The molecule has 2 nitrogen and oxygen atoms in total. The van der Waals surface area contributed by atoms with Crippen molar-refractivity contribution in [2.75, 3.05) is 12.3 Å². The highest BCUT2D eigenvalue weighted by molar-refractivity contribution is 8.08. The summed E-state index contributed by atoms with van der Waals surface area (Å²) in [5, 5.41) is 10.7. The van der Waals surface area contributed by atoms with Crippen LogP contribution in [0.4, 0.5) is 0 Å². The van der Waals surface area contributed by atoms with Crippen molar-refractivity contribution in [1.82, 2.24) is 0 Å². The van der Waals surface area contributed by atoms with Gasteiger partial charge in [0.2, 0.25) is 0 Å². The molecule has 1 heterocycles. The molecule has 3 heteroatoms. The summed E-state index contributed by atoms with van der Waals surface area (Å²) in [7, 11) is 0. The topological polar surface area (TPSA) is 36.1 Å². The van der Waals surface area contributed by atoms with Gasteiger partial charge in [-0.1, -0.05) is 18.2 Å². The van der Waals surface area contributed by atoms with Crippen LogP contribution in [0.25, 0.3) is 4.91 Å². The molecule has 0 bridgehead atoms. The number of hydrogen-bond acceptors (Lipinski definition) is 3. The smallest absolute Gasteiger partial charge is 0.0852 e. The van der Waals surface area contributed by atoms with Gasteiger partial charge in [0.15, 0.2) is 0 Å². The molecule has 13 heavy (non-hydrogen) atoms. The second-order valence-corrected chi connectivity index (χ2v) is 3.77. The third kappa shape index (κ3) is 1.58. The zero-order chi connectivity index (χ0) is 9.10. The molecule has 0 spiro atoms. The molecule has 0 atom stereocenters. The first-order valence-corrected chi connectivity index (χ1v) is 5.03. The molecule has 1 aliphatic heterocycles. The second-order valence-electron chi connectivity index (χ2n) is 2.70. The maximum Gasteiger partial charge on any atom is 0.0852 e. The van der Waals surface area contributed by atoms with Gasteiger partial charge in [0.1, 0.15) is 0 Å². The lowest BCUT2D eigenvalue weighted by Gasteiger charge is -1.93. The average Bonchev–Trinajstić information content (AvgIpc) is 2.58. The molecule has 1 aromatic rings. The van der Waals surface area contributed by atoms with Gasteiger partial charge in [-0.3, -0.25) is 4.99 Å². The van der Waals surface area contributed by atoms with E-state index in [1.165, 1.54) is 10.1 Å². The molecule has 0 radical (unpaired) electrons. The van der Waals surface area contributed by atoms with Crippen molar-refractivity contribution in [1.29, 1.82) is 5.26 Å². The summed E-state index contributed by atoms with van der Waals surface area (Å²) < 4.78 is 0. The van der Waals surface area contributed by atoms with Gasteiger partial charge in [0.05, 0.1) is 23.7 Å². The van der Waals surface area contributed by atoms with Gasteiger partial charge in [-0.2, -0.15) is 5.26 Å². The van der Waals surface area contributed by atoms with E-state index in [2.05, 4.69) is 17.1 Å². The number of rotatable bonds is 2. The highest BCUT2D eigenvalue weighted by Gasteiger charge is 2.05. The summed E-state index contributed by atoms with van der Waals surface area (Å²) in [5.41, 5.74) is 0. The van der Waals surface area contributed by atoms with Crippen LogP contribution in [-0.4, -0.2) is 12.3 Å². The Hall–Kier alpha value is -1.27. The summed E-state index contributed by atoms with van der Waals surface area (Å²) in [6, 6.07) is 10.2. The predicted molar refractivity (Wildman–Crippen MR) is 53.6 cm³/mol. The summed E-state index contributed by atoms with van der Waals surface area (Å²) >= 11 is 1.59. The van der Waals surface area contributed by atoms with Gasteiger partial charge in [-0.25, -0.2) is 0 Å². The molecule has 0 unspecified atom stereocenters. The first-order valence-electron chi connectivity index (χ1n) is 4.04. The van der Waals surface area contributed by atoms with Gasteiger partial charge in [-0.15, -0.1) is 11.8 Å². The van der Waals surface area contributed by atoms with E-state index in [4.69, 9.17) is 5.26 Å². The van der Waals surface area contributed by atoms with Crippen molar-refractivity contribution < 1.29 is 0 Å². The minimum absolute atomic E-state index is 0.513. The van der Waals surface area contributed by atoms with Gasteiger partial charge < -0.3 is 0 Å². The Morgan fingerprint density at radius 2 is 2.31 bits per heavy atom. The molecule has 0 saturated heterocycles. The fourth-order valence-corrected chi connectivity index (χ4v) is 2.05. The lowest BCUT2D eigenvalue weighted by atomic mass is 10.3. The number of nitriles is 1. The molecule has 64 valence electrons. The third-order valence-corrected chi connectivity index (χ3v) is 2.88. The van der Waals surface area contributed by atoms with Crippen molar-refractivity contribution in [3.8, 4) is 6.07 Å². The zero-order valence-electron chi connectivity index (χ0n) is 7.03. The van der Waals surface area contributed by atoms with Crippen LogP contribution in [0.5, 0.6) is 0 Å². The highest BCUT2D eigenvalue weighted by atomic mass is 32.2. The predicted octanol–water partition coefficient (Wildman–Crippen LogP) is 0.685. The first-order chi connectivity index (χ1) is 6.42. The van der Waals surface area contributed by atoms with Crippen molar-refractivity contribution >= 4 is 16.7 Å². The summed E-state index contributed by atoms with van der Waals surface area (Å²) in [6.45, 7) is 0.742. The van der Waals surface area contributed by atoms with E-state index in [0.717, 1.165) is 11.9 Å². The van der Waals surface area contributed by atoms with Crippen LogP contribution < -0.4 is 10.6 Å². The van der Waals surface area contributed by atoms with Gasteiger partial charge >= 0.3 is 0 Å². The van der Waals surface area contributed by atoms with Crippen LogP contribution in [0.1, 0.15) is 0 Å². The lowest BCUT2D eigenvalue weighted by molar-refractivity contribution is 1.22. The third-order valence-electron chi connectivity index (χ3n) is 1.91. The minimum Gasteiger partial charge on any atom is -0.279 e. The van der Waals surface area contributed by atoms with E-state index in [9.17, 15) is 0 Å². The zero-order valence-corrected chi connectivity index (χ0v) is 7.84. The van der Waals surface area contributed by atoms with Gasteiger partial charge in [0.25, 0.3) is 0 Å². The number of nitrogens with zero attached hydrogens (tertiary/aromatic N) is 2. The van der Waals surface area contributed by atoms with E-state index in [1.807, 2.05) is 18.2 Å². The Morgan fingerprint density at radius 3 is 3.15 bits per heavy atom. The monoisotopic (exact) mass is 188 g/mol. The van der Waals surface area contributed by atoms with Crippen molar-refractivity contribution in [3.63, 3.8) is 0 Å². The summed E-state index contributed by atoms with van der Waals surface area (Å²) in [6.07, 6.45) is 0. The second kappa shape index (κ2) is 3.63. The van der Waals surface area contributed by atoms with E-state index in [1.54, 1.807) is 11.8 Å². The molecule has 2 rings (SSSR count). The number of benzene rings is 1. The van der Waals surface area contributed by atoms with E-state index >= 15 is 0 Å². The van der Waals surface area contributed by atoms with Crippen molar-refractivity contribution in [3.05, 3.63) is 34.8 Å². The van der Waals surface area contributed by atoms with Crippen molar-refractivity contribution in [2.24, 2.45) is 4.99 Å². The SMILES string of the molecule is N#CCSC1=c2ccccc2=NC1. The maximum absolute atomic E-state index is 8.46. The molecule has 0 amide bonds. The van der Waals surface area contributed by atoms with Crippen LogP contribution >= 0.6 is 11.8 Å². The Balaban J connectivity index is 2.44. The van der Waals surface area contributed by atoms with E-state index < -0.39 is 0 Å². The van der Waals surface area contributed by atoms with Crippen LogP contribution in [-0.2, 0) is 0 Å². The Morgan fingerprint density at radius 1 is 1.46 bits per heavy atom. The lowest BCUT2D eigenvalue weighted by Crippen LogP contribution is -2.21. The number of thioether (sulfide) groups is 1. The van der Waals surface area contributed by atoms with Crippen LogP contribution in [0, 0.1) is 11.3 Å². The maximum atomic E-state index is 8.46. The number of hydrogen-bond donors (Lipinski definition) is 0. The van der Waals surface area contributed by atoms with E-state index in [-0.39, 0.29) is 0 Å². The quantitative estimate of drug-likeness (QED) is 0.684. The van der Waals surface area contributed by atoms with Gasteiger partial charge in [-0.05, 0) is 6.07 Å². The summed E-state index contributed by atoms with van der Waals surface area (Å²) in [5.74, 6) is 0.513. The minimum atomic E-state index is 0.513. The van der Waals surface area contributed by atoms with Gasteiger partial charge in [0, 0.05) is 10.1 Å². The highest BCUT2D eigenvalue weighted by Crippen LogP contribution is 2.15. The molecule has 0 aliphatic carbocycles. The molecule has 0 fully saturated rings. The molecule has 1 aliphatic rings. The van der Waals surface area contributed by atoms with Crippen LogP contribution in [0.2, 0.25) is 0 Å². The average molecular weight is 188 g/mol. The van der Waals surface area contributed by atoms with Crippen LogP contribution in [0.15, 0.2) is 29.3 Å². The largest absolute Gasteiger partial charge is 0.279 e. The number of fused-ring (bicyclic) bond motifs is 1. The Bertz CT molecular complexity index is 470. The Labute approximate surface area is 80.6 Å². The normalized spacial score (nSPS) is 13.3. The summed E-state index contributed by atoms with van der Waals surface area (Å²) in [4.78, 5) is 5.59. The molecule has 0 aromatic heterocycles. The molecular weight excluding hydrogens is 180 g/mol. The molecular formula is C10H8N2S. The Kier molecular flexibility index (Phi) is 2.33. The molecule has 0 N–H and O–H groups in total. The van der Waals surface area contributed by atoms with Crippen LogP contribution in [0.3, 0.4) is 0 Å². The molecule has 1 aromatic carbocycles. The fourth-order valence-electron chi connectivity index (χ4n) is 1.33. The molecule has 0 saturated carbocycles. The van der Waals surface area contributed by atoms with Crippen molar-refractivity contribution in [2.45, 2.75) is 0 Å².